The zero-order valence-corrected chi connectivity index (χ0v) is 26.0. The van der Waals surface area contributed by atoms with Gasteiger partial charge in [-0.2, -0.15) is 0 Å². The number of likely N-dealkylation sites (tertiary alicyclic amines) is 1. The summed E-state index contributed by atoms with van der Waals surface area (Å²) >= 11 is 0. The van der Waals surface area contributed by atoms with Crippen molar-refractivity contribution in [3.63, 3.8) is 0 Å². The molecule has 2 fully saturated rings. The van der Waals surface area contributed by atoms with Crippen LogP contribution in [0.3, 0.4) is 0 Å². The number of hydrogen-bond donors (Lipinski definition) is 2. The number of ether oxygens (including phenoxy) is 2. The maximum Gasteiger partial charge on any atom is 0.407 e. The highest BCUT2D eigenvalue weighted by Crippen LogP contribution is 2.34. The third kappa shape index (κ3) is 10.8. The Morgan fingerprint density at radius 2 is 1.88 bits per heavy atom. The van der Waals surface area contributed by atoms with Gasteiger partial charge in [-0.3, -0.25) is 10.1 Å². The van der Waals surface area contributed by atoms with E-state index in [1.807, 2.05) is 39.0 Å². The predicted octanol–water partition coefficient (Wildman–Crippen LogP) is 6.28. The first-order chi connectivity index (χ1) is 20.1. The van der Waals surface area contributed by atoms with Gasteiger partial charge in [0.25, 0.3) is 6.20 Å². The number of rotatable bonds is 15. The second-order valence-corrected chi connectivity index (χ2v) is 12.8. The van der Waals surface area contributed by atoms with E-state index in [1.165, 1.54) is 24.2 Å². The minimum absolute atomic E-state index is 0.135. The van der Waals surface area contributed by atoms with Crippen LogP contribution in [-0.4, -0.2) is 77.5 Å². The third-order valence-corrected chi connectivity index (χ3v) is 8.51. The molecule has 1 saturated heterocycles. The zero-order valence-electron chi connectivity index (χ0n) is 26.0. The lowest BCUT2D eigenvalue weighted by Crippen LogP contribution is -2.53. The van der Waals surface area contributed by atoms with Crippen molar-refractivity contribution in [3.05, 3.63) is 58.0 Å². The Kier molecular flexibility index (Phi) is 13.4. The second-order valence-electron chi connectivity index (χ2n) is 12.8. The molecule has 10 heteroatoms. The van der Waals surface area contributed by atoms with Crippen LogP contribution in [0.25, 0.3) is 0 Å². The molecule has 2 N–H and O–H groups in total. The smallest absolute Gasteiger partial charge is 0.407 e. The van der Waals surface area contributed by atoms with Crippen LogP contribution in [-0.2, 0) is 9.47 Å². The molecule has 236 valence electrons. The number of hydrogen-bond acceptors (Lipinski definition) is 7. The Morgan fingerprint density at radius 3 is 2.50 bits per heavy atom. The predicted molar refractivity (Wildman–Crippen MR) is 164 cm³/mol. The highest BCUT2D eigenvalue weighted by molar-refractivity contribution is 5.66. The number of nitrogens with zero attached hydrogens (tertiary/aromatic N) is 3. The highest BCUT2D eigenvalue weighted by atomic mass is 16.6. The van der Waals surface area contributed by atoms with Crippen molar-refractivity contribution in [1.82, 2.24) is 15.1 Å². The minimum Gasteiger partial charge on any atom is -0.465 e. The normalized spacial score (nSPS) is 20.1. The number of carboxylic acid groups (broad SMARTS) is 1. The molecule has 1 heterocycles. The van der Waals surface area contributed by atoms with Crippen LogP contribution in [0.15, 0.2) is 42.4 Å². The van der Waals surface area contributed by atoms with E-state index in [0.717, 1.165) is 50.3 Å². The van der Waals surface area contributed by atoms with Crippen molar-refractivity contribution >= 4 is 6.09 Å². The first-order valence-electron chi connectivity index (χ1n) is 15.6. The lowest BCUT2D eigenvalue weighted by Gasteiger charge is -2.41. The molecule has 0 spiro atoms. The molecule has 0 aromatic heterocycles. The summed E-state index contributed by atoms with van der Waals surface area (Å²) in [5, 5.41) is 25.4. The summed E-state index contributed by atoms with van der Waals surface area (Å²) in [5.74, 6) is 1.07. The average molecular weight is 589 g/mol. The molecule has 0 radical (unpaired) electrons. The van der Waals surface area contributed by atoms with E-state index in [-0.39, 0.29) is 24.6 Å². The van der Waals surface area contributed by atoms with Crippen LogP contribution in [0.5, 0.6) is 0 Å². The Balaban J connectivity index is 1.83. The maximum atomic E-state index is 12.3. The van der Waals surface area contributed by atoms with E-state index in [0.29, 0.717) is 38.0 Å². The molecule has 3 atom stereocenters. The third-order valence-electron chi connectivity index (χ3n) is 8.51. The number of nitro groups is 1. The van der Waals surface area contributed by atoms with Crippen LogP contribution < -0.4 is 5.32 Å². The molecule has 10 nitrogen and oxygen atoms in total. The van der Waals surface area contributed by atoms with Crippen LogP contribution >= 0.6 is 0 Å². The molecule has 1 aliphatic heterocycles. The van der Waals surface area contributed by atoms with E-state index in [2.05, 4.69) is 22.3 Å². The topological polar surface area (TPSA) is 117 Å². The van der Waals surface area contributed by atoms with Crippen LogP contribution in [0.2, 0.25) is 0 Å². The molecule has 1 aliphatic carbocycles. The van der Waals surface area contributed by atoms with E-state index in [4.69, 9.17) is 9.47 Å². The molecule has 1 aromatic carbocycles. The number of piperidine rings is 1. The van der Waals surface area contributed by atoms with Crippen molar-refractivity contribution in [3.8, 4) is 0 Å². The number of amides is 1. The number of nitrogens with one attached hydrogen (secondary N) is 1. The number of carbonyl (C=O) groups is 1. The summed E-state index contributed by atoms with van der Waals surface area (Å²) in [6, 6.07) is 9.94. The van der Waals surface area contributed by atoms with Gasteiger partial charge in [-0.1, -0.05) is 62.4 Å². The monoisotopic (exact) mass is 588 g/mol. The summed E-state index contributed by atoms with van der Waals surface area (Å²) in [5.41, 5.74) is 0.511. The Hall–Kier alpha value is -2.85. The summed E-state index contributed by atoms with van der Waals surface area (Å²) in [4.78, 5) is 27.3. The van der Waals surface area contributed by atoms with Gasteiger partial charge in [0, 0.05) is 57.5 Å². The molecule has 42 heavy (non-hydrogen) atoms. The van der Waals surface area contributed by atoms with Crippen molar-refractivity contribution in [2.75, 3.05) is 40.0 Å². The second kappa shape index (κ2) is 16.7. The van der Waals surface area contributed by atoms with Gasteiger partial charge in [0.1, 0.15) is 0 Å². The molecule has 2 unspecified atom stereocenters. The largest absolute Gasteiger partial charge is 0.465 e. The first kappa shape index (κ1) is 33.6. The Labute approximate surface area is 251 Å². The van der Waals surface area contributed by atoms with Gasteiger partial charge in [-0.15, -0.1) is 0 Å². The molecule has 1 aromatic rings. The lowest BCUT2D eigenvalue weighted by atomic mass is 9.84. The van der Waals surface area contributed by atoms with E-state index < -0.39 is 16.6 Å². The zero-order chi connectivity index (χ0) is 30.5. The summed E-state index contributed by atoms with van der Waals surface area (Å²) in [7, 11) is 1.68. The molecular formula is C32H52N4O6. The van der Waals surface area contributed by atoms with E-state index in [1.54, 1.807) is 7.11 Å². The van der Waals surface area contributed by atoms with Crippen LogP contribution in [0.4, 0.5) is 4.79 Å². The quantitative estimate of drug-likeness (QED) is 0.140. The summed E-state index contributed by atoms with van der Waals surface area (Å²) in [6.45, 7) is 8.41. The molecule has 0 bridgehead atoms. The van der Waals surface area contributed by atoms with Gasteiger partial charge < -0.3 is 29.7 Å². The fourth-order valence-electron chi connectivity index (χ4n) is 6.42. The van der Waals surface area contributed by atoms with Crippen molar-refractivity contribution in [1.29, 1.82) is 0 Å². The van der Waals surface area contributed by atoms with Crippen molar-refractivity contribution in [2.45, 2.75) is 96.2 Å². The van der Waals surface area contributed by atoms with E-state index in [9.17, 15) is 20.0 Å². The first-order valence-corrected chi connectivity index (χ1v) is 15.6. The molecule has 1 amide bonds. The van der Waals surface area contributed by atoms with Crippen molar-refractivity contribution in [2.24, 2.45) is 11.8 Å². The Bertz CT molecular complexity index is 992. The molecular weight excluding hydrogens is 536 g/mol. The van der Waals surface area contributed by atoms with Crippen LogP contribution in [0.1, 0.15) is 90.2 Å². The summed E-state index contributed by atoms with van der Waals surface area (Å²) < 4.78 is 11.6. The fraction of sp³-hybridized carbons (Fsp3) is 0.719. The highest BCUT2D eigenvalue weighted by Gasteiger charge is 2.34. The molecule has 3 rings (SSSR count). The molecule has 1 saturated carbocycles. The van der Waals surface area contributed by atoms with Crippen LogP contribution in [0, 0.1) is 22.0 Å². The van der Waals surface area contributed by atoms with Gasteiger partial charge in [0.15, 0.2) is 5.82 Å². The SMILES string of the molecule is COCCCO[C@H](c1ccccc1)C1CCCN(C(=C[N+](=O)[O-])NC(CC2CCCCC2)CN(C(=O)O)C(C)(C)C)C1. The van der Waals surface area contributed by atoms with Gasteiger partial charge >= 0.3 is 6.09 Å². The van der Waals surface area contributed by atoms with Gasteiger partial charge in [0.05, 0.1) is 11.0 Å². The maximum absolute atomic E-state index is 12.3. The standard InChI is InChI=1S/C32H52N4O6/c1-32(2,3)35(31(37)38)23-28(21-25-13-7-5-8-14-25)33-29(24-36(39)40)34-18-11-17-27(22-34)30(42-20-12-19-41-4)26-15-9-6-10-16-26/h6,9-10,15-16,24-25,27-28,30,33H,5,7-8,11-14,17-23H2,1-4H3,(H,37,38)/t27?,28?,30-/m1/s1. The summed E-state index contributed by atoms with van der Waals surface area (Å²) in [6.07, 6.45) is 9.16. The number of benzene rings is 1. The van der Waals surface area contributed by atoms with Gasteiger partial charge in [-0.05, 0) is 57.9 Å². The van der Waals surface area contributed by atoms with Gasteiger partial charge in [0.2, 0.25) is 0 Å². The van der Waals surface area contributed by atoms with E-state index >= 15 is 0 Å². The molecule has 2 aliphatic rings. The lowest BCUT2D eigenvalue weighted by molar-refractivity contribution is -0.404. The average Bonchev–Trinajstić information content (AvgIpc) is 2.95. The fourth-order valence-corrected chi connectivity index (χ4v) is 6.42. The Morgan fingerprint density at radius 1 is 1.17 bits per heavy atom. The van der Waals surface area contributed by atoms with Crippen molar-refractivity contribution < 1.29 is 24.3 Å². The minimum atomic E-state index is -0.980. The van der Waals surface area contributed by atoms with Gasteiger partial charge in [-0.25, -0.2) is 4.79 Å². The number of methoxy groups -OCH3 is 1.